The van der Waals surface area contributed by atoms with Crippen molar-refractivity contribution in [1.29, 1.82) is 0 Å². The van der Waals surface area contributed by atoms with Crippen molar-refractivity contribution >= 4 is 17.9 Å². The Morgan fingerprint density at radius 1 is 0.962 bits per heavy atom. The van der Waals surface area contributed by atoms with Crippen LogP contribution >= 0.6 is 0 Å². The van der Waals surface area contributed by atoms with Gasteiger partial charge in [-0.25, -0.2) is 0 Å². The quantitative estimate of drug-likeness (QED) is 0.502. The molecule has 1 atom stereocenters. The van der Waals surface area contributed by atoms with Gasteiger partial charge in [0, 0.05) is 12.1 Å². The van der Waals surface area contributed by atoms with Gasteiger partial charge in [0.25, 0.3) is 0 Å². The molecule has 2 aromatic carbocycles. The standard InChI is InChI=1S/C23H29NO2/c1-17(2)16-20-7-11-21(12-8-20)18(3)23(26)24-22-13-9-19(10-14-22)6-4-5-15-25/h7-15,17-18H,4-6,16H2,1-3H3,(H,24,26). The van der Waals surface area contributed by atoms with Gasteiger partial charge in [-0.05, 0) is 60.9 Å². The molecule has 0 spiro atoms. The van der Waals surface area contributed by atoms with Crippen molar-refractivity contribution in [3.63, 3.8) is 0 Å². The maximum absolute atomic E-state index is 12.5. The maximum atomic E-state index is 12.5. The highest BCUT2D eigenvalue weighted by Crippen LogP contribution is 2.20. The Hall–Kier alpha value is -2.42. The van der Waals surface area contributed by atoms with Gasteiger partial charge in [0.05, 0.1) is 5.92 Å². The van der Waals surface area contributed by atoms with Gasteiger partial charge in [-0.2, -0.15) is 0 Å². The van der Waals surface area contributed by atoms with Crippen LogP contribution in [0.25, 0.3) is 0 Å². The van der Waals surface area contributed by atoms with Gasteiger partial charge in [0.1, 0.15) is 6.29 Å². The third kappa shape index (κ3) is 6.14. The third-order valence-electron chi connectivity index (χ3n) is 4.53. The fraction of sp³-hybridized carbons (Fsp3) is 0.391. The number of aryl methyl sites for hydroxylation is 1. The van der Waals surface area contributed by atoms with E-state index in [1.165, 1.54) is 11.1 Å². The highest BCUT2D eigenvalue weighted by Gasteiger charge is 2.15. The number of unbranched alkanes of at least 4 members (excludes halogenated alkanes) is 1. The molecule has 1 amide bonds. The molecule has 138 valence electrons. The molecule has 26 heavy (non-hydrogen) atoms. The van der Waals surface area contributed by atoms with Gasteiger partial charge in [0.2, 0.25) is 5.91 Å². The van der Waals surface area contributed by atoms with Crippen LogP contribution in [0.3, 0.4) is 0 Å². The van der Waals surface area contributed by atoms with Gasteiger partial charge >= 0.3 is 0 Å². The summed E-state index contributed by atoms with van der Waals surface area (Å²) in [5.41, 5.74) is 4.32. The molecule has 2 aromatic rings. The fourth-order valence-electron chi connectivity index (χ4n) is 2.96. The molecule has 0 heterocycles. The van der Waals surface area contributed by atoms with Crippen molar-refractivity contribution in [3.05, 3.63) is 65.2 Å². The predicted octanol–water partition coefficient (Wildman–Crippen LogP) is 5.15. The third-order valence-corrected chi connectivity index (χ3v) is 4.53. The summed E-state index contributed by atoms with van der Waals surface area (Å²) < 4.78 is 0. The van der Waals surface area contributed by atoms with E-state index in [1.54, 1.807) is 0 Å². The maximum Gasteiger partial charge on any atom is 0.231 e. The molecule has 0 saturated carbocycles. The van der Waals surface area contributed by atoms with Crippen molar-refractivity contribution < 1.29 is 9.59 Å². The van der Waals surface area contributed by atoms with Crippen molar-refractivity contribution in [3.8, 4) is 0 Å². The van der Waals surface area contributed by atoms with Crippen molar-refractivity contribution in [2.45, 2.75) is 52.4 Å². The van der Waals surface area contributed by atoms with Gasteiger partial charge < -0.3 is 10.1 Å². The van der Waals surface area contributed by atoms with E-state index in [9.17, 15) is 9.59 Å². The predicted molar refractivity (Wildman–Crippen MR) is 107 cm³/mol. The molecule has 2 rings (SSSR count). The number of hydrogen-bond donors (Lipinski definition) is 1. The van der Waals surface area contributed by atoms with Crippen molar-refractivity contribution in [2.75, 3.05) is 5.32 Å². The molecule has 1 unspecified atom stereocenters. The Labute approximate surface area is 156 Å². The minimum Gasteiger partial charge on any atom is -0.326 e. The molecule has 1 N–H and O–H groups in total. The van der Waals surface area contributed by atoms with Crippen LogP contribution in [0.2, 0.25) is 0 Å². The van der Waals surface area contributed by atoms with Crippen LogP contribution in [0.15, 0.2) is 48.5 Å². The summed E-state index contributed by atoms with van der Waals surface area (Å²) in [5, 5.41) is 2.99. The van der Waals surface area contributed by atoms with Crippen LogP contribution < -0.4 is 5.32 Å². The molecule has 3 heteroatoms. The van der Waals surface area contributed by atoms with Crippen LogP contribution in [-0.2, 0) is 22.4 Å². The van der Waals surface area contributed by atoms with E-state index >= 15 is 0 Å². The molecular weight excluding hydrogens is 322 g/mol. The first kappa shape index (κ1) is 19.9. The average Bonchev–Trinajstić information content (AvgIpc) is 2.63. The van der Waals surface area contributed by atoms with Crippen LogP contribution in [-0.4, -0.2) is 12.2 Å². The highest BCUT2D eigenvalue weighted by atomic mass is 16.1. The van der Waals surface area contributed by atoms with Gasteiger partial charge in [-0.3, -0.25) is 4.79 Å². The van der Waals surface area contributed by atoms with E-state index in [4.69, 9.17) is 0 Å². The molecule has 0 aliphatic carbocycles. The zero-order chi connectivity index (χ0) is 18.9. The van der Waals surface area contributed by atoms with E-state index in [2.05, 4.69) is 43.4 Å². The van der Waals surface area contributed by atoms with Crippen LogP contribution in [0.1, 0.15) is 56.2 Å². The minimum absolute atomic E-state index is 0.00434. The normalized spacial score (nSPS) is 12.0. The number of amides is 1. The van der Waals surface area contributed by atoms with Gasteiger partial charge in [-0.1, -0.05) is 50.2 Å². The molecule has 0 aliphatic rings. The second kappa shape index (κ2) is 9.91. The van der Waals surface area contributed by atoms with Gasteiger partial charge in [0.15, 0.2) is 0 Å². The van der Waals surface area contributed by atoms with Crippen molar-refractivity contribution in [2.24, 2.45) is 5.92 Å². The summed E-state index contributed by atoms with van der Waals surface area (Å²) in [6.45, 7) is 6.34. The van der Waals surface area contributed by atoms with E-state index in [0.717, 1.165) is 36.8 Å². The topological polar surface area (TPSA) is 46.2 Å². The lowest BCUT2D eigenvalue weighted by Gasteiger charge is -2.14. The average molecular weight is 351 g/mol. The number of nitrogens with one attached hydrogen (secondary N) is 1. The number of carbonyl (C=O) groups is 2. The molecule has 0 aliphatic heterocycles. The Morgan fingerprint density at radius 2 is 1.58 bits per heavy atom. The number of hydrogen-bond acceptors (Lipinski definition) is 2. The highest BCUT2D eigenvalue weighted by molar-refractivity contribution is 5.95. The number of benzene rings is 2. The number of anilines is 1. The van der Waals surface area contributed by atoms with Crippen LogP contribution in [0, 0.1) is 5.92 Å². The first-order chi connectivity index (χ1) is 12.5. The smallest absolute Gasteiger partial charge is 0.231 e. The first-order valence-corrected chi connectivity index (χ1v) is 9.42. The van der Waals surface area contributed by atoms with E-state index in [1.807, 2.05) is 31.2 Å². The molecule has 0 radical (unpaired) electrons. The van der Waals surface area contributed by atoms with E-state index in [0.29, 0.717) is 12.3 Å². The lowest BCUT2D eigenvalue weighted by Crippen LogP contribution is -2.18. The molecule has 3 nitrogen and oxygen atoms in total. The van der Waals surface area contributed by atoms with E-state index < -0.39 is 0 Å². The summed E-state index contributed by atoms with van der Waals surface area (Å²) in [6.07, 6.45) is 4.34. The number of aldehydes is 1. The first-order valence-electron chi connectivity index (χ1n) is 9.42. The zero-order valence-electron chi connectivity index (χ0n) is 16.0. The Balaban J connectivity index is 1.92. The van der Waals surface area contributed by atoms with Crippen molar-refractivity contribution in [1.82, 2.24) is 0 Å². The molecule has 0 fully saturated rings. The molecule has 0 aromatic heterocycles. The summed E-state index contributed by atoms with van der Waals surface area (Å²) in [7, 11) is 0. The summed E-state index contributed by atoms with van der Waals surface area (Å²) in [4.78, 5) is 22.9. The largest absolute Gasteiger partial charge is 0.326 e. The lowest BCUT2D eigenvalue weighted by atomic mass is 9.96. The Kier molecular flexibility index (Phi) is 7.58. The molecular formula is C23H29NO2. The van der Waals surface area contributed by atoms with Gasteiger partial charge in [-0.15, -0.1) is 0 Å². The van der Waals surface area contributed by atoms with E-state index in [-0.39, 0.29) is 11.8 Å². The van der Waals surface area contributed by atoms with Crippen LogP contribution in [0.4, 0.5) is 5.69 Å². The SMILES string of the molecule is CC(C)Cc1ccc(C(C)C(=O)Nc2ccc(CCCC=O)cc2)cc1. The number of carbonyl (C=O) groups excluding carboxylic acids is 2. The lowest BCUT2D eigenvalue weighted by molar-refractivity contribution is -0.117. The Morgan fingerprint density at radius 3 is 2.15 bits per heavy atom. The Bertz CT molecular complexity index is 702. The second-order valence-corrected chi connectivity index (χ2v) is 7.31. The minimum atomic E-state index is -0.199. The monoisotopic (exact) mass is 351 g/mol. The summed E-state index contributed by atoms with van der Waals surface area (Å²) >= 11 is 0. The second-order valence-electron chi connectivity index (χ2n) is 7.31. The zero-order valence-corrected chi connectivity index (χ0v) is 16.0. The van der Waals surface area contributed by atoms with Crippen LogP contribution in [0.5, 0.6) is 0 Å². The summed E-state index contributed by atoms with van der Waals surface area (Å²) in [6, 6.07) is 16.2. The molecule has 0 bridgehead atoms. The fourth-order valence-corrected chi connectivity index (χ4v) is 2.96. The summed E-state index contributed by atoms with van der Waals surface area (Å²) in [5.74, 6) is 0.425. The molecule has 0 saturated heterocycles. The number of rotatable bonds is 9.